The Morgan fingerprint density at radius 3 is 2.83 bits per heavy atom. The van der Waals surface area contributed by atoms with Crippen molar-refractivity contribution in [2.75, 3.05) is 6.61 Å². The Labute approximate surface area is 110 Å². The van der Waals surface area contributed by atoms with Crippen LogP contribution in [0.15, 0.2) is 18.2 Å². The lowest BCUT2D eigenvalue weighted by molar-refractivity contribution is 0.0691. The zero-order chi connectivity index (χ0) is 13.2. The summed E-state index contributed by atoms with van der Waals surface area (Å²) in [5, 5.41) is 18.0. The van der Waals surface area contributed by atoms with Crippen LogP contribution >= 0.6 is 11.6 Å². The number of nitriles is 1. The van der Waals surface area contributed by atoms with Crippen LogP contribution in [0.25, 0.3) is 0 Å². The molecule has 0 amide bonds. The number of carboxylic acid groups (broad SMARTS) is 1. The van der Waals surface area contributed by atoms with Gasteiger partial charge in [0.25, 0.3) is 0 Å². The van der Waals surface area contributed by atoms with Crippen LogP contribution in [-0.4, -0.2) is 17.7 Å². The number of hydrogen-bond donors (Lipinski definition) is 1. The van der Waals surface area contributed by atoms with Crippen LogP contribution in [0.4, 0.5) is 0 Å². The maximum absolute atomic E-state index is 11.0. The molecule has 0 saturated heterocycles. The van der Waals surface area contributed by atoms with Crippen LogP contribution in [0, 0.1) is 16.7 Å². The van der Waals surface area contributed by atoms with Gasteiger partial charge in [0.05, 0.1) is 17.7 Å². The fraction of sp³-hybridized carbons (Fsp3) is 0.385. The second-order valence-corrected chi connectivity index (χ2v) is 4.95. The Hall–Kier alpha value is -1.73. The predicted octanol–water partition coefficient (Wildman–Crippen LogP) is 3.11. The molecule has 0 heterocycles. The van der Waals surface area contributed by atoms with Gasteiger partial charge in [0.1, 0.15) is 5.56 Å². The summed E-state index contributed by atoms with van der Waals surface area (Å²) in [4.78, 5) is 11.0. The molecule has 0 unspecified atom stereocenters. The summed E-state index contributed by atoms with van der Waals surface area (Å²) < 4.78 is 5.55. The first-order valence-electron chi connectivity index (χ1n) is 5.59. The number of rotatable bonds is 5. The molecule has 0 spiro atoms. The third-order valence-electron chi connectivity index (χ3n) is 3.13. The number of hydrogen-bond acceptors (Lipinski definition) is 3. The summed E-state index contributed by atoms with van der Waals surface area (Å²) in [6, 6.07) is 6.74. The molecule has 1 aromatic rings. The van der Waals surface area contributed by atoms with Crippen molar-refractivity contribution in [3.8, 4) is 11.8 Å². The summed E-state index contributed by atoms with van der Waals surface area (Å²) in [7, 11) is 0. The zero-order valence-corrected chi connectivity index (χ0v) is 10.4. The molecule has 18 heavy (non-hydrogen) atoms. The van der Waals surface area contributed by atoms with Crippen molar-refractivity contribution in [3.63, 3.8) is 0 Å². The van der Waals surface area contributed by atoms with Gasteiger partial charge in [-0.1, -0.05) is 17.7 Å². The molecule has 4 nitrogen and oxygen atoms in total. The fourth-order valence-electron chi connectivity index (χ4n) is 1.77. The van der Waals surface area contributed by atoms with Crippen LogP contribution in [-0.2, 0) is 0 Å². The first kappa shape index (κ1) is 12.7. The standard InChI is InChI=1S/C13H12ClNO3/c14-10-3-1-2-9(12(16)17)11(10)18-8-13(4-5-13)6-7-15/h1-3H,4-6,8H2,(H,16,17). The predicted molar refractivity (Wildman–Crippen MR) is 65.8 cm³/mol. The van der Waals surface area contributed by atoms with Gasteiger partial charge >= 0.3 is 5.97 Å². The molecule has 0 aliphatic heterocycles. The molecule has 1 aromatic carbocycles. The van der Waals surface area contributed by atoms with Crippen molar-refractivity contribution in [1.29, 1.82) is 5.26 Å². The van der Waals surface area contributed by atoms with Gasteiger partial charge in [-0.3, -0.25) is 0 Å². The SMILES string of the molecule is N#CCC1(COc2c(Cl)cccc2C(=O)O)CC1. The second kappa shape index (κ2) is 4.87. The second-order valence-electron chi connectivity index (χ2n) is 4.55. The number of nitrogens with zero attached hydrogens (tertiary/aromatic N) is 1. The molecule has 1 saturated carbocycles. The number of para-hydroxylation sites is 1. The lowest BCUT2D eigenvalue weighted by Gasteiger charge is -2.15. The van der Waals surface area contributed by atoms with E-state index in [1.807, 2.05) is 0 Å². The molecule has 1 aliphatic rings. The van der Waals surface area contributed by atoms with Gasteiger partial charge in [-0.15, -0.1) is 0 Å². The number of carbonyl (C=O) groups is 1. The third kappa shape index (κ3) is 2.57. The highest BCUT2D eigenvalue weighted by Crippen LogP contribution is 2.49. The van der Waals surface area contributed by atoms with E-state index in [-0.39, 0.29) is 21.8 Å². The minimum atomic E-state index is -1.07. The highest BCUT2D eigenvalue weighted by atomic mass is 35.5. The average molecular weight is 266 g/mol. The van der Waals surface area contributed by atoms with E-state index in [4.69, 9.17) is 26.7 Å². The van der Waals surface area contributed by atoms with E-state index in [0.717, 1.165) is 12.8 Å². The molecule has 0 bridgehead atoms. The molecule has 1 fully saturated rings. The molecule has 2 rings (SSSR count). The molecular formula is C13H12ClNO3. The quantitative estimate of drug-likeness (QED) is 0.888. The van der Waals surface area contributed by atoms with Crippen molar-refractivity contribution in [2.45, 2.75) is 19.3 Å². The first-order valence-corrected chi connectivity index (χ1v) is 5.97. The highest BCUT2D eigenvalue weighted by Gasteiger charge is 2.43. The summed E-state index contributed by atoms with van der Waals surface area (Å²) in [5.41, 5.74) is -0.0563. The maximum atomic E-state index is 11.0. The van der Waals surface area contributed by atoms with Crippen molar-refractivity contribution in [2.24, 2.45) is 5.41 Å². The number of ether oxygens (including phenoxy) is 1. The number of aromatic carboxylic acids is 1. The van der Waals surface area contributed by atoms with E-state index < -0.39 is 5.97 Å². The van der Waals surface area contributed by atoms with E-state index >= 15 is 0 Å². The van der Waals surface area contributed by atoms with Crippen molar-refractivity contribution < 1.29 is 14.6 Å². The largest absolute Gasteiger partial charge is 0.490 e. The van der Waals surface area contributed by atoms with Gasteiger partial charge in [0.2, 0.25) is 0 Å². The van der Waals surface area contributed by atoms with Crippen LogP contribution < -0.4 is 4.74 Å². The topological polar surface area (TPSA) is 70.3 Å². The molecule has 1 aliphatic carbocycles. The highest BCUT2D eigenvalue weighted by molar-refractivity contribution is 6.32. The van der Waals surface area contributed by atoms with Gasteiger partial charge in [-0.05, 0) is 25.0 Å². The summed E-state index contributed by atoms with van der Waals surface area (Å²) >= 11 is 5.95. The van der Waals surface area contributed by atoms with Crippen molar-refractivity contribution >= 4 is 17.6 Å². The summed E-state index contributed by atoms with van der Waals surface area (Å²) in [6.45, 7) is 0.338. The van der Waals surface area contributed by atoms with Gasteiger partial charge in [-0.2, -0.15) is 5.26 Å². The van der Waals surface area contributed by atoms with Gasteiger partial charge < -0.3 is 9.84 Å². The summed E-state index contributed by atoms with van der Waals surface area (Å²) in [5.74, 6) is -0.881. The average Bonchev–Trinajstić information content (AvgIpc) is 3.08. The summed E-state index contributed by atoms with van der Waals surface area (Å²) in [6.07, 6.45) is 2.31. The molecule has 0 atom stereocenters. The molecule has 0 aromatic heterocycles. The molecular weight excluding hydrogens is 254 g/mol. The lowest BCUT2D eigenvalue weighted by atomic mass is 10.1. The Bertz CT molecular complexity index is 517. The number of benzene rings is 1. The van der Waals surface area contributed by atoms with Gasteiger partial charge in [0, 0.05) is 11.8 Å². The first-order chi connectivity index (χ1) is 8.58. The molecule has 94 valence electrons. The number of halogens is 1. The Morgan fingerprint density at radius 2 is 2.28 bits per heavy atom. The van der Waals surface area contributed by atoms with Crippen LogP contribution in [0.5, 0.6) is 5.75 Å². The maximum Gasteiger partial charge on any atom is 0.339 e. The minimum absolute atomic E-state index is 0.0512. The van der Waals surface area contributed by atoms with Crippen LogP contribution in [0.3, 0.4) is 0 Å². The van der Waals surface area contributed by atoms with E-state index in [1.165, 1.54) is 6.07 Å². The van der Waals surface area contributed by atoms with Crippen LogP contribution in [0.2, 0.25) is 5.02 Å². The van der Waals surface area contributed by atoms with Crippen LogP contribution in [0.1, 0.15) is 29.6 Å². The zero-order valence-electron chi connectivity index (χ0n) is 9.65. The number of carboxylic acids is 1. The fourth-order valence-corrected chi connectivity index (χ4v) is 1.99. The van der Waals surface area contributed by atoms with E-state index in [9.17, 15) is 4.79 Å². The lowest BCUT2D eigenvalue weighted by Crippen LogP contribution is -2.14. The Balaban J connectivity index is 2.14. The Kier molecular flexibility index (Phi) is 3.44. The van der Waals surface area contributed by atoms with E-state index in [2.05, 4.69) is 6.07 Å². The van der Waals surface area contributed by atoms with Crippen molar-refractivity contribution in [3.05, 3.63) is 28.8 Å². The molecule has 1 N–H and O–H groups in total. The van der Waals surface area contributed by atoms with Crippen molar-refractivity contribution in [1.82, 2.24) is 0 Å². The normalized spacial score (nSPS) is 15.8. The molecule has 0 radical (unpaired) electrons. The van der Waals surface area contributed by atoms with Gasteiger partial charge in [0.15, 0.2) is 5.75 Å². The smallest absolute Gasteiger partial charge is 0.339 e. The molecule has 5 heteroatoms. The minimum Gasteiger partial charge on any atom is -0.490 e. The monoisotopic (exact) mass is 265 g/mol. The van der Waals surface area contributed by atoms with E-state index in [1.54, 1.807) is 12.1 Å². The van der Waals surface area contributed by atoms with Gasteiger partial charge in [-0.25, -0.2) is 4.79 Å². The third-order valence-corrected chi connectivity index (χ3v) is 3.43. The Morgan fingerprint density at radius 1 is 1.56 bits per heavy atom. The van der Waals surface area contributed by atoms with E-state index in [0.29, 0.717) is 13.0 Å².